The molecule has 0 bridgehead atoms. The zero-order valence-corrected chi connectivity index (χ0v) is 22.3. The number of H-pyrrole nitrogens is 1. The number of nitrogens with one attached hydrogen (secondary N) is 1. The number of aromatic amines is 1. The van der Waals surface area contributed by atoms with Gasteiger partial charge in [-0.1, -0.05) is 12.1 Å². The summed E-state index contributed by atoms with van der Waals surface area (Å²) in [5, 5.41) is 0. The van der Waals surface area contributed by atoms with Gasteiger partial charge in [-0.2, -0.15) is 0 Å². The van der Waals surface area contributed by atoms with Gasteiger partial charge in [-0.3, -0.25) is 9.55 Å². The molecule has 1 N–H and O–H groups in total. The second-order valence-corrected chi connectivity index (χ2v) is 12.5. The number of pyridine rings is 1. The first-order chi connectivity index (χ1) is 17.7. The topological polar surface area (TPSA) is 98.4 Å². The van der Waals surface area contributed by atoms with Gasteiger partial charge in [0, 0.05) is 23.7 Å². The van der Waals surface area contributed by atoms with Gasteiger partial charge in [0.15, 0.2) is 9.84 Å². The SMILES string of the molecule is CCOP(=O)(CCS(=O)(=O)c1ccc(-c2cc(-c3ccncc3)c(-c3ccc(F)cc3)[nH]2)cc1)OCC. The minimum atomic E-state index is -3.71. The zero-order chi connectivity index (χ0) is 26.5. The lowest BCUT2D eigenvalue weighted by Gasteiger charge is -2.16. The van der Waals surface area contributed by atoms with Crippen molar-refractivity contribution in [1.29, 1.82) is 0 Å². The maximum Gasteiger partial charge on any atom is 0.331 e. The molecule has 2 aromatic heterocycles. The fourth-order valence-electron chi connectivity index (χ4n) is 3.96. The maximum absolute atomic E-state index is 13.5. The molecule has 37 heavy (non-hydrogen) atoms. The fraction of sp³-hybridized carbons (Fsp3) is 0.222. The van der Waals surface area contributed by atoms with Gasteiger partial charge in [-0.15, -0.1) is 0 Å². The van der Waals surface area contributed by atoms with Gasteiger partial charge in [0.25, 0.3) is 0 Å². The average molecular weight is 543 g/mol. The first kappa shape index (κ1) is 26.9. The molecule has 7 nitrogen and oxygen atoms in total. The van der Waals surface area contributed by atoms with Crippen LogP contribution in [0.2, 0.25) is 0 Å². The van der Waals surface area contributed by atoms with E-state index in [9.17, 15) is 17.4 Å². The van der Waals surface area contributed by atoms with E-state index in [0.29, 0.717) is 0 Å². The molecule has 2 heterocycles. The van der Waals surface area contributed by atoms with Crippen LogP contribution in [0.1, 0.15) is 13.8 Å². The van der Waals surface area contributed by atoms with E-state index >= 15 is 0 Å². The number of halogens is 1. The molecule has 0 radical (unpaired) electrons. The van der Waals surface area contributed by atoms with Gasteiger partial charge in [-0.25, -0.2) is 12.8 Å². The van der Waals surface area contributed by atoms with E-state index in [1.165, 1.54) is 24.3 Å². The molecule has 4 rings (SSSR count). The van der Waals surface area contributed by atoms with Crippen molar-refractivity contribution in [2.24, 2.45) is 0 Å². The number of rotatable bonds is 11. The largest absolute Gasteiger partial charge is 0.354 e. The Bertz CT molecular complexity index is 1480. The normalized spacial score (nSPS) is 12.1. The lowest BCUT2D eigenvalue weighted by molar-refractivity contribution is 0.221. The quantitative estimate of drug-likeness (QED) is 0.215. The minimum Gasteiger partial charge on any atom is -0.354 e. The van der Waals surface area contributed by atoms with Gasteiger partial charge in [0.2, 0.25) is 0 Å². The zero-order valence-electron chi connectivity index (χ0n) is 20.6. The third-order valence-electron chi connectivity index (χ3n) is 5.75. The van der Waals surface area contributed by atoms with Crippen LogP contribution in [0, 0.1) is 5.82 Å². The Kier molecular flexibility index (Phi) is 8.39. The Balaban J connectivity index is 1.63. The van der Waals surface area contributed by atoms with E-state index < -0.39 is 17.4 Å². The maximum atomic E-state index is 13.5. The smallest absolute Gasteiger partial charge is 0.331 e. The fourth-order valence-corrected chi connectivity index (χ4v) is 7.73. The molecule has 194 valence electrons. The summed E-state index contributed by atoms with van der Waals surface area (Å²) in [6.45, 7) is 3.70. The number of hydrogen-bond acceptors (Lipinski definition) is 6. The van der Waals surface area contributed by atoms with Crippen molar-refractivity contribution in [2.75, 3.05) is 25.1 Å². The molecule has 0 aliphatic rings. The van der Waals surface area contributed by atoms with Crippen molar-refractivity contribution in [3.63, 3.8) is 0 Å². The predicted molar refractivity (Wildman–Crippen MR) is 143 cm³/mol. The van der Waals surface area contributed by atoms with Gasteiger partial charge < -0.3 is 14.0 Å². The molecule has 0 saturated carbocycles. The lowest BCUT2D eigenvalue weighted by atomic mass is 10.0. The number of sulfone groups is 1. The highest BCUT2D eigenvalue weighted by Crippen LogP contribution is 2.48. The van der Waals surface area contributed by atoms with Crippen LogP contribution in [-0.2, 0) is 23.4 Å². The van der Waals surface area contributed by atoms with E-state index in [0.717, 1.165) is 33.6 Å². The standard InChI is InChI=1S/C27H28FN2O5PS/c1-3-34-36(31,35-4-2)17-18-37(32,33)24-11-7-21(8-12-24)26-19-25(20-13-15-29-16-14-20)27(30-26)22-5-9-23(28)10-6-22/h5-16,19,30H,3-4,17-18H2,1-2H3. The summed E-state index contributed by atoms with van der Waals surface area (Å²) in [6, 6.07) is 18.5. The number of benzene rings is 2. The minimum absolute atomic E-state index is 0.121. The number of nitrogens with zero attached hydrogens (tertiary/aromatic N) is 1. The molecule has 4 aromatic rings. The van der Waals surface area contributed by atoms with E-state index in [2.05, 4.69) is 9.97 Å². The third kappa shape index (κ3) is 6.43. The summed E-state index contributed by atoms with van der Waals surface area (Å²) in [6.07, 6.45) is 3.18. The Morgan fingerprint density at radius 1 is 0.865 bits per heavy atom. The van der Waals surface area contributed by atoms with Crippen LogP contribution in [0.15, 0.2) is 84.0 Å². The Labute approximate surface area is 216 Å². The summed E-state index contributed by atoms with van der Waals surface area (Å²) in [5.74, 6) is -0.677. The lowest BCUT2D eigenvalue weighted by Crippen LogP contribution is -2.13. The van der Waals surface area contributed by atoms with E-state index in [1.807, 2.05) is 18.2 Å². The molecule has 0 aliphatic carbocycles. The highest BCUT2D eigenvalue weighted by molar-refractivity contribution is 7.91. The van der Waals surface area contributed by atoms with Gasteiger partial charge in [0.05, 0.1) is 35.7 Å². The highest BCUT2D eigenvalue weighted by atomic mass is 32.2. The van der Waals surface area contributed by atoms with Crippen molar-refractivity contribution in [3.05, 3.63) is 84.9 Å². The molecule has 0 atom stereocenters. The molecule has 0 saturated heterocycles. The molecular weight excluding hydrogens is 514 g/mol. The predicted octanol–water partition coefficient (Wildman–Crippen LogP) is 6.59. The Morgan fingerprint density at radius 3 is 2.05 bits per heavy atom. The summed E-state index contributed by atoms with van der Waals surface area (Å²) in [4.78, 5) is 7.61. The first-order valence-electron chi connectivity index (χ1n) is 11.9. The molecule has 0 aliphatic heterocycles. The van der Waals surface area contributed by atoms with Crippen LogP contribution in [0.5, 0.6) is 0 Å². The van der Waals surface area contributed by atoms with Crippen molar-refractivity contribution in [3.8, 4) is 33.6 Å². The van der Waals surface area contributed by atoms with E-state index in [1.54, 1.807) is 50.5 Å². The average Bonchev–Trinajstić information content (AvgIpc) is 3.35. The van der Waals surface area contributed by atoms with Crippen LogP contribution in [0.25, 0.3) is 33.6 Å². The van der Waals surface area contributed by atoms with Crippen LogP contribution >= 0.6 is 7.60 Å². The molecule has 0 fully saturated rings. The van der Waals surface area contributed by atoms with E-state index in [-0.39, 0.29) is 35.8 Å². The van der Waals surface area contributed by atoms with Crippen LogP contribution in [0.3, 0.4) is 0 Å². The summed E-state index contributed by atoms with van der Waals surface area (Å²) in [5.41, 5.74) is 5.00. The molecular formula is C27H28FN2O5PS. The number of hydrogen-bond donors (Lipinski definition) is 1. The summed E-state index contributed by atoms with van der Waals surface area (Å²) < 4.78 is 62.5. The Morgan fingerprint density at radius 2 is 1.46 bits per heavy atom. The highest BCUT2D eigenvalue weighted by Gasteiger charge is 2.27. The van der Waals surface area contributed by atoms with Gasteiger partial charge >= 0.3 is 7.60 Å². The molecule has 0 amide bonds. The second-order valence-electron chi connectivity index (χ2n) is 8.23. The first-order valence-corrected chi connectivity index (χ1v) is 15.2. The van der Waals surface area contributed by atoms with Crippen LogP contribution in [0.4, 0.5) is 4.39 Å². The molecule has 0 unspecified atom stereocenters. The van der Waals surface area contributed by atoms with Crippen LogP contribution < -0.4 is 0 Å². The van der Waals surface area contributed by atoms with Crippen molar-refractivity contribution in [1.82, 2.24) is 9.97 Å². The Hall–Kier alpha value is -3.10. The van der Waals surface area contributed by atoms with Gasteiger partial charge in [-0.05, 0) is 85.1 Å². The number of aromatic nitrogens is 2. The van der Waals surface area contributed by atoms with Crippen molar-refractivity contribution >= 4 is 17.4 Å². The monoisotopic (exact) mass is 542 g/mol. The van der Waals surface area contributed by atoms with Crippen molar-refractivity contribution < 1.29 is 26.4 Å². The molecule has 0 spiro atoms. The molecule has 2 aromatic carbocycles. The second kappa shape index (κ2) is 11.5. The van der Waals surface area contributed by atoms with Gasteiger partial charge in [0.1, 0.15) is 5.82 Å². The van der Waals surface area contributed by atoms with Crippen LogP contribution in [-0.4, -0.2) is 43.5 Å². The summed E-state index contributed by atoms with van der Waals surface area (Å²) in [7, 11) is -7.18. The summed E-state index contributed by atoms with van der Waals surface area (Å²) >= 11 is 0. The molecule has 10 heteroatoms. The van der Waals surface area contributed by atoms with Crippen molar-refractivity contribution in [2.45, 2.75) is 18.7 Å². The third-order valence-corrected chi connectivity index (χ3v) is 9.86. The van der Waals surface area contributed by atoms with E-state index in [4.69, 9.17) is 9.05 Å².